The lowest BCUT2D eigenvalue weighted by molar-refractivity contribution is -0.143. The normalized spacial score (nSPS) is 16.9. The van der Waals surface area contributed by atoms with Crippen LogP contribution >= 0.6 is 11.3 Å². The molecule has 1 aliphatic rings. The number of pyridine rings is 1. The maximum Gasteiger partial charge on any atom is 0.315 e. The summed E-state index contributed by atoms with van der Waals surface area (Å²) < 4.78 is 2.15. The van der Waals surface area contributed by atoms with Crippen molar-refractivity contribution in [1.82, 2.24) is 14.5 Å². The third-order valence-corrected chi connectivity index (χ3v) is 7.04. The lowest BCUT2D eigenvalue weighted by Gasteiger charge is -2.24. The molecule has 0 radical (unpaired) electrons. The molecule has 146 valence electrons. The third kappa shape index (κ3) is 2.87. The van der Waals surface area contributed by atoms with E-state index in [-0.39, 0.29) is 6.04 Å². The highest BCUT2D eigenvalue weighted by molar-refractivity contribution is 7.12. The van der Waals surface area contributed by atoms with Gasteiger partial charge in [0.1, 0.15) is 10.9 Å². The average Bonchev–Trinajstić information content (AvgIpc) is 3.34. The van der Waals surface area contributed by atoms with Crippen LogP contribution in [0.5, 0.6) is 0 Å². The standard InChI is InChI=1S/C22H25N3O2S/c1-13(2)19(25-12-23-18-14(3)11-15(4)24-20(18)25)16-7-8-17(28-16)22(21(26)27)9-5-6-10-22/h5-8,11-13,19H,9-10H2,1-4H3,(H,26,27). The van der Waals surface area contributed by atoms with E-state index in [1.807, 2.05) is 31.5 Å². The highest BCUT2D eigenvalue weighted by atomic mass is 32.1. The first-order valence-corrected chi connectivity index (χ1v) is 10.4. The molecule has 4 rings (SSSR count). The van der Waals surface area contributed by atoms with Crippen molar-refractivity contribution in [2.75, 3.05) is 0 Å². The van der Waals surface area contributed by atoms with Gasteiger partial charge in [0.05, 0.1) is 12.4 Å². The first-order valence-electron chi connectivity index (χ1n) is 9.63. The fraction of sp³-hybridized carbons (Fsp3) is 0.409. The van der Waals surface area contributed by atoms with Crippen LogP contribution in [0.2, 0.25) is 0 Å². The number of carboxylic acids is 1. The van der Waals surface area contributed by atoms with Gasteiger partial charge in [0.25, 0.3) is 0 Å². The van der Waals surface area contributed by atoms with E-state index in [0.717, 1.165) is 32.2 Å². The molecule has 0 amide bonds. The summed E-state index contributed by atoms with van der Waals surface area (Å²) in [5, 5.41) is 9.90. The minimum atomic E-state index is -0.813. The van der Waals surface area contributed by atoms with Crippen LogP contribution in [0, 0.1) is 19.8 Å². The van der Waals surface area contributed by atoms with E-state index < -0.39 is 11.4 Å². The van der Waals surface area contributed by atoms with Crippen LogP contribution in [0.25, 0.3) is 11.2 Å². The lowest BCUT2D eigenvalue weighted by atomic mass is 9.84. The van der Waals surface area contributed by atoms with Crippen molar-refractivity contribution < 1.29 is 9.90 Å². The highest BCUT2D eigenvalue weighted by Crippen LogP contribution is 2.43. The Bertz CT molecular complexity index is 1070. The van der Waals surface area contributed by atoms with Crippen molar-refractivity contribution in [3.63, 3.8) is 0 Å². The fourth-order valence-corrected chi connectivity index (χ4v) is 5.70. The van der Waals surface area contributed by atoms with E-state index in [2.05, 4.69) is 42.5 Å². The predicted molar refractivity (Wildman–Crippen MR) is 112 cm³/mol. The molecular formula is C22H25N3O2S. The number of aliphatic carboxylic acids is 1. The van der Waals surface area contributed by atoms with Crippen molar-refractivity contribution in [3.8, 4) is 0 Å². The zero-order valence-corrected chi connectivity index (χ0v) is 17.5. The van der Waals surface area contributed by atoms with Crippen LogP contribution in [0.15, 0.2) is 36.7 Å². The monoisotopic (exact) mass is 395 g/mol. The molecule has 3 aromatic rings. The van der Waals surface area contributed by atoms with Crippen LogP contribution < -0.4 is 0 Å². The van der Waals surface area contributed by atoms with Gasteiger partial charge in [-0.1, -0.05) is 26.0 Å². The maximum atomic E-state index is 12.1. The van der Waals surface area contributed by atoms with Crippen molar-refractivity contribution in [2.24, 2.45) is 5.92 Å². The Kier molecular flexibility index (Phi) is 4.62. The molecule has 1 N–H and O–H groups in total. The summed E-state index contributed by atoms with van der Waals surface area (Å²) in [5.74, 6) is -0.429. The van der Waals surface area contributed by atoms with Crippen LogP contribution in [0.1, 0.15) is 53.7 Å². The summed E-state index contributed by atoms with van der Waals surface area (Å²) >= 11 is 1.61. The Morgan fingerprint density at radius 1 is 1.25 bits per heavy atom. The van der Waals surface area contributed by atoms with Gasteiger partial charge >= 0.3 is 5.97 Å². The summed E-state index contributed by atoms with van der Waals surface area (Å²) in [6.45, 7) is 8.43. The van der Waals surface area contributed by atoms with Crippen LogP contribution in [-0.2, 0) is 10.2 Å². The largest absolute Gasteiger partial charge is 0.481 e. The van der Waals surface area contributed by atoms with E-state index in [1.165, 1.54) is 0 Å². The molecule has 0 fully saturated rings. The van der Waals surface area contributed by atoms with E-state index in [0.29, 0.717) is 18.8 Å². The Labute approximate surface area is 168 Å². The van der Waals surface area contributed by atoms with Crippen molar-refractivity contribution in [1.29, 1.82) is 0 Å². The quantitative estimate of drug-likeness (QED) is 0.616. The number of allylic oxidation sites excluding steroid dienone is 2. The zero-order chi connectivity index (χ0) is 20.1. The smallest absolute Gasteiger partial charge is 0.315 e. The molecular weight excluding hydrogens is 370 g/mol. The molecule has 0 aliphatic heterocycles. The Hall–Kier alpha value is -2.47. The number of fused-ring (bicyclic) bond motifs is 1. The van der Waals surface area contributed by atoms with Crippen LogP contribution in [0.4, 0.5) is 0 Å². The van der Waals surface area contributed by atoms with Gasteiger partial charge in [-0.3, -0.25) is 4.79 Å². The number of imidazole rings is 1. The number of hydrogen-bond acceptors (Lipinski definition) is 4. The summed E-state index contributed by atoms with van der Waals surface area (Å²) in [4.78, 5) is 23.5. The van der Waals surface area contributed by atoms with Crippen molar-refractivity contribution in [2.45, 2.75) is 52.0 Å². The Morgan fingerprint density at radius 3 is 2.61 bits per heavy atom. The minimum absolute atomic E-state index is 0.0673. The number of aryl methyl sites for hydroxylation is 2. The molecule has 3 heterocycles. The molecule has 0 aromatic carbocycles. The molecule has 1 unspecified atom stereocenters. The van der Waals surface area contributed by atoms with Gasteiger partial charge in [0, 0.05) is 15.4 Å². The van der Waals surface area contributed by atoms with Crippen molar-refractivity contribution >= 4 is 28.5 Å². The number of thiophene rings is 1. The fourth-order valence-electron chi connectivity index (χ4n) is 4.22. The third-order valence-electron chi connectivity index (χ3n) is 5.68. The lowest BCUT2D eigenvalue weighted by Crippen LogP contribution is -2.31. The van der Waals surface area contributed by atoms with Crippen molar-refractivity contribution in [3.05, 3.63) is 57.7 Å². The molecule has 6 heteroatoms. The molecule has 28 heavy (non-hydrogen) atoms. The Balaban J connectivity index is 1.81. The minimum Gasteiger partial charge on any atom is -0.481 e. The SMILES string of the molecule is Cc1cc(C)c2ncn(C(c3ccc(C4(C(=O)O)CC=CC4)s3)C(C)C)c2n1. The number of carbonyl (C=O) groups is 1. The number of rotatable bonds is 5. The summed E-state index contributed by atoms with van der Waals surface area (Å²) in [7, 11) is 0. The van der Waals surface area contributed by atoms with Gasteiger partial charge in [0.15, 0.2) is 5.65 Å². The van der Waals surface area contributed by atoms with E-state index in [1.54, 1.807) is 11.3 Å². The molecule has 0 spiro atoms. The predicted octanol–water partition coefficient (Wildman–Crippen LogP) is 5.03. The number of aromatic nitrogens is 3. The molecule has 0 saturated heterocycles. The second-order valence-corrected chi connectivity index (χ2v) is 9.18. The van der Waals surface area contributed by atoms with Gasteiger partial charge in [-0.25, -0.2) is 9.97 Å². The van der Waals surface area contributed by atoms with E-state index >= 15 is 0 Å². The summed E-state index contributed by atoms with van der Waals surface area (Å²) in [6.07, 6.45) is 6.95. The van der Waals surface area contributed by atoms with Crippen LogP contribution in [-0.4, -0.2) is 25.6 Å². The second-order valence-electron chi connectivity index (χ2n) is 8.06. The molecule has 1 atom stereocenters. The van der Waals surface area contributed by atoms with Gasteiger partial charge in [-0.05, 0) is 56.4 Å². The summed E-state index contributed by atoms with van der Waals surface area (Å²) in [6, 6.07) is 6.20. The topological polar surface area (TPSA) is 68.0 Å². The first-order chi connectivity index (χ1) is 13.3. The molecule has 0 bridgehead atoms. The maximum absolute atomic E-state index is 12.1. The van der Waals surface area contributed by atoms with Crippen LogP contribution in [0.3, 0.4) is 0 Å². The molecule has 1 aliphatic carbocycles. The van der Waals surface area contributed by atoms with E-state index in [4.69, 9.17) is 4.98 Å². The first kappa shape index (κ1) is 18.9. The van der Waals surface area contributed by atoms with Gasteiger partial charge in [-0.2, -0.15) is 0 Å². The highest BCUT2D eigenvalue weighted by Gasteiger charge is 2.42. The Morgan fingerprint density at radius 2 is 1.96 bits per heavy atom. The molecule has 0 saturated carbocycles. The average molecular weight is 396 g/mol. The second kappa shape index (κ2) is 6.85. The van der Waals surface area contributed by atoms with E-state index in [9.17, 15) is 9.90 Å². The zero-order valence-electron chi connectivity index (χ0n) is 16.6. The molecule has 3 aromatic heterocycles. The molecule has 5 nitrogen and oxygen atoms in total. The van der Waals surface area contributed by atoms with Gasteiger partial charge in [0.2, 0.25) is 0 Å². The van der Waals surface area contributed by atoms with Gasteiger partial charge < -0.3 is 9.67 Å². The number of nitrogens with zero attached hydrogens (tertiary/aromatic N) is 3. The number of carboxylic acid groups (broad SMARTS) is 1. The summed E-state index contributed by atoms with van der Waals surface area (Å²) in [5.41, 5.74) is 3.10. The number of hydrogen-bond donors (Lipinski definition) is 1. The van der Waals surface area contributed by atoms with Gasteiger partial charge in [-0.15, -0.1) is 11.3 Å².